The Bertz CT molecular complexity index is 646. The summed E-state index contributed by atoms with van der Waals surface area (Å²) in [4.78, 5) is 36.3. The lowest BCUT2D eigenvalue weighted by Crippen LogP contribution is -2.36. The van der Waals surface area contributed by atoms with Gasteiger partial charge in [-0.25, -0.2) is 4.79 Å². The first-order valence-corrected chi connectivity index (χ1v) is 7.17. The fourth-order valence-electron chi connectivity index (χ4n) is 2.19. The van der Waals surface area contributed by atoms with Gasteiger partial charge in [0.25, 0.3) is 5.91 Å². The number of rotatable bonds is 5. The molecule has 24 heavy (non-hydrogen) atoms. The Labute approximate surface area is 135 Å². The number of hydrogen-bond donors (Lipinski definition) is 1. The fourth-order valence-corrected chi connectivity index (χ4v) is 2.19. The van der Waals surface area contributed by atoms with Crippen molar-refractivity contribution in [2.24, 2.45) is 0 Å². The van der Waals surface area contributed by atoms with Gasteiger partial charge in [0, 0.05) is 18.7 Å². The number of carbonyl (C=O) groups excluding carboxylic acids is 3. The Morgan fingerprint density at radius 1 is 1.29 bits per heavy atom. The fraction of sp³-hybridized carbons (Fsp3) is 0.400. The number of halogens is 3. The van der Waals surface area contributed by atoms with Crippen LogP contribution in [0.1, 0.15) is 23.2 Å². The second kappa shape index (κ2) is 7.33. The third-order valence-electron chi connectivity index (χ3n) is 3.29. The van der Waals surface area contributed by atoms with E-state index in [0.29, 0.717) is 18.7 Å². The summed E-state index contributed by atoms with van der Waals surface area (Å²) in [6.45, 7) is -1.76. The minimum absolute atomic E-state index is 0.0490. The number of benzene rings is 1. The number of nitrogens with one attached hydrogen (secondary N) is 1. The Morgan fingerprint density at radius 2 is 2.04 bits per heavy atom. The Kier molecular flexibility index (Phi) is 5.42. The van der Waals surface area contributed by atoms with Crippen molar-refractivity contribution in [1.29, 1.82) is 0 Å². The number of hydrogen-bond acceptors (Lipinski definition) is 4. The molecule has 130 valence electrons. The molecule has 0 bridgehead atoms. The van der Waals surface area contributed by atoms with Crippen LogP contribution in [0.2, 0.25) is 0 Å². The summed E-state index contributed by atoms with van der Waals surface area (Å²) in [6.07, 6.45) is -3.36. The quantitative estimate of drug-likeness (QED) is 0.824. The van der Waals surface area contributed by atoms with Crippen molar-refractivity contribution in [2.75, 3.05) is 24.6 Å². The largest absolute Gasteiger partial charge is 0.452 e. The molecule has 1 saturated heterocycles. The van der Waals surface area contributed by atoms with Crippen LogP contribution in [0.4, 0.5) is 18.9 Å². The van der Waals surface area contributed by atoms with E-state index in [1.807, 2.05) is 0 Å². The van der Waals surface area contributed by atoms with E-state index >= 15 is 0 Å². The third-order valence-corrected chi connectivity index (χ3v) is 3.29. The molecule has 1 aliphatic rings. The van der Waals surface area contributed by atoms with Gasteiger partial charge in [-0.15, -0.1) is 0 Å². The van der Waals surface area contributed by atoms with Crippen molar-refractivity contribution in [2.45, 2.75) is 19.0 Å². The summed E-state index contributed by atoms with van der Waals surface area (Å²) < 4.78 is 40.5. The number of alkyl halides is 3. The third kappa shape index (κ3) is 4.97. The molecular formula is C15H15F3N2O4. The average Bonchev–Trinajstić information content (AvgIpc) is 2.96. The van der Waals surface area contributed by atoms with Crippen molar-refractivity contribution >= 4 is 23.5 Å². The Hall–Kier alpha value is -2.58. The zero-order chi connectivity index (χ0) is 17.7. The standard InChI is InChI=1S/C15H15F3N2O4/c16-15(17,18)9-19-12(21)8-24-14(23)10-3-1-4-11(7-10)20-6-2-5-13(20)22/h1,3-4,7H,2,5-6,8-9H2,(H,19,21). The van der Waals surface area contributed by atoms with Crippen LogP contribution < -0.4 is 10.2 Å². The smallest absolute Gasteiger partial charge is 0.405 e. The molecule has 0 aromatic heterocycles. The van der Waals surface area contributed by atoms with E-state index in [0.717, 1.165) is 6.42 Å². The lowest BCUT2D eigenvalue weighted by atomic mass is 10.2. The molecule has 1 aliphatic heterocycles. The maximum atomic E-state index is 11.9. The molecule has 1 aromatic carbocycles. The van der Waals surface area contributed by atoms with Crippen molar-refractivity contribution in [3.05, 3.63) is 29.8 Å². The number of nitrogens with zero attached hydrogens (tertiary/aromatic N) is 1. The lowest BCUT2D eigenvalue weighted by Gasteiger charge is -2.16. The minimum atomic E-state index is -4.53. The molecule has 9 heteroatoms. The normalized spacial score (nSPS) is 14.6. The Balaban J connectivity index is 1.91. The first kappa shape index (κ1) is 17.8. The van der Waals surface area contributed by atoms with Gasteiger partial charge in [-0.1, -0.05) is 6.07 Å². The highest BCUT2D eigenvalue weighted by molar-refractivity contribution is 5.97. The van der Waals surface area contributed by atoms with E-state index in [1.165, 1.54) is 17.0 Å². The van der Waals surface area contributed by atoms with Gasteiger partial charge in [-0.3, -0.25) is 9.59 Å². The van der Waals surface area contributed by atoms with Gasteiger partial charge >= 0.3 is 12.1 Å². The summed E-state index contributed by atoms with van der Waals surface area (Å²) in [6, 6.07) is 6.09. The van der Waals surface area contributed by atoms with Crippen LogP contribution in [0.15, 0.2) is 24.3 Å². The van der Waals surface area contributed by atoms with E-state index in [2.05, 4.69) is 4.74 Å². The highest BCUT2D eigenvalue weighted by atomic mass is 19.4. The van der Waals surface area contributed by atoms with Crippen molar-refractivity contribution in [3.8, 4) is 0 Å². The van der Waals surface area contributed by atoms with E-state index in [-0.39, 0.29) is 11.5 Å². The number of ether oxygens (including phenoxy) is 1. The zero-order valence-corrected chi connectivity index (χ0v) is 12.6. The van der Waals surface area contributed by atoms with Gasteiger partial charge in [0.05, 0.1) is 5.56 Å². The summed E-state index contributed by atoms with van der Waals surface area (Å²) in [7, 11) is 0. The number of amides is 2. The molecule has 0 radical (unpaired) electrons. The van der Waals surface area contributed by atoms with E-state index < -0.39 is 31.2 Å². The van der Waals surface area contributed by atoms with Crippen molar-refractivity contribution < 1.29 is 32.3 Å². The molecule has 0 spiro atoms. The predicted molar refractivity (Wildman–Crippen MR) is 77.4 cm³/mol. The average molecular weight is 344 g/mol. The van der Waals surface area contributed by atoms with Crippen LogP contribution >= 0.6 is 0 Å². The van der Waals surface area contributed by atoms with E-state index in [4.69, 9.17) is 0 Å². The highest BCUT2D eigenvalue weighted by Crippen LogP contribution is 2.22. The van der Waals surface area contributed by atoms with E-state index in [1.54, 1.807) is 17.4 Å². The molecule has 6 nitrogen and oxygen atoms in total. The second-order valence-corrected chi connectivity index (χ2v) is 5.17. The lowest BCUT2D eigenvalue weighted by molar-refractivity contribution is -0.140. The van der Waals surface area contributed by atoms with Crippen LogP contribution in [0.3, 0.4) is 0 Å². The van der Waals surface area contributed by atoms with Crippen LogP contribution in [0.25, 0.3) is 0 Å². The van der Waals surface area contributed by atoms with Crippen LogP contribution in [-0.4, -0.2) is 43.7 Å². The SMILES string of the molecule is O=C(COC(=O)c1cccc(N2CCCC2=O)c1)NCC(F)(F)F. The maximum Gasteiger partial charge on any atom is 0.405 e. The van der Waals surface area contributed by atoms with E-state index in [9.17, 15) is 27.6 Å². The van der Waals surface area contributed by atoms with Crippen molar-refractivity contribution in [3.63, 3.8) is 0 Å². The van der Waals surface area contributed by atoms with Gasteiger partial charge in [-0.05, 0) is 24.6 Å². The summed E-state index contributed by atoms with van der Waals surface area (Å²) in [5.41, 5.74) is 0.643. The van der Waals surface area contributed by atoms with Gasteiger partial charge in [0.1, 0.15) is 6.54 Å². The van der Waals surface area contributed by atoms with Crippen LogP contribution in [-0.2, 0) is 14.3 Å². The van der Waals surface area contributed by atoms with Crippen molar-refractivity contribution in [1.82, 2.24) is 5.32 Å². The monoisotopic (exact) mass is 344 g/mol. The second-order valence-electron chi connectivity index (χ2n) is 5.17. The molecule has 1 heterocycles. The molecule has 0 atom stereocenters. The van der Waals surface area contributed by atoms with Gasteiger partial charge in [-0.2, -0.15) is 13.2 Å². The number of esters is 1. The van der Waals surface area contributed by atoms with Gasteiger partial charge < -0.3 is 15.0 Å². The van der Waals surface area contributed by atoms with Crippen LogP contribution in [0, 0.1) is 0 Å². The van der Waals surface area contributed by atoms with Crippen LogP contribution in [0.5, 0.6) is 0 Å². The molecule has 1 N–H and O–H groups in total. The summed E-state index contributed by atoms with van der Waals surface area (Å²) >= 11 is 0. The molecule has 0 aliphatic carbocycles. The molecule has 2 amide bonds. The molecule has 2 rings (SSSR count). The minimum Gasteiger partial charge on any atom is -0.452 e. The molecule has 1 fully saturated rings. The van der Waals surface area contributed by atoms with Gasteiger partial charge in [0.15, 0.2) is 6.61 Å². The number of carbonyl (C=O) groups is 3. The zero-order valence-electron chi connectivity index (χ0n) is 12.6. The Morgan fingerprint density at radius 3 is 2.67 bits per heavy atom. The first-order valence-electron chi connectivity index (χ1n) is 7.17. The maximum absolute atomic E-state index is 11.9. The predicted octanol–water partition coefficient (Wildman–Crippen LogP) is 1.65. The summed E-state index contributed by atoms with van der Waals surface area (Å²) in [5, 5.41) is 1.60. The molecule has 0 unspecified atom stereocenters. The topological polar surface area (TPSA) is 75.7 Å². The molecule has 1 aromatic rings. The number of anilines is 1. The summed E-state index contributed by atoms with van der Waals surface area (Å²) in [5.74, 6) is -1.95. The van der Waals surface area contributed by atoms with Gasteiger partial charge in [0.2, 0.25) is 5.91 Å². The molecular weight excluding hydrogens is 329 g/mol. The highest BCUT2D eigenvalue weighted by Gasteiger charge is 2.28. The first-order chi connectivity index (χ1) is 11.3. The molecule has 0 saturated carbocycles.